The molecule has 1 N–H and O–H groups in total. The van der Waals surface area contributed by atoms with Crippen molar-refractivity contribution in [3.63, 3.8) is 0 Å². The molecule has 2 aliphatic heterocycles. The summed E-state index contributed by atoms with van der Waals surface area (Å²) < 4.78 is 31.9. The molecule has 1 fully saturated rings. The zero-order valence-corrected chi connectivity index (χ0v) is 17.7. The van der Waals surface area contributed by atoms with Gasteiger partial charge >= 0.3 is 5.97 Å². The fourth-order valence-corrected chi connectivity index (χ4v) is 4.29. The molecule has 7 nitrogen and oxygen atoms in total. The van der Waals surface area contributed by atoms with Gasteiger partial charge in [-0.2, -0.15) is 0 Å². The van der Waals surface area contributed by atoms with Gasteiger partial charge < -0.3 is 19.2 Å². The molecule has 1 saturated heterocycles. The lowest BCUT2D eigenvalue weighted by Gasteiger charge is -2.40. The Morgan fingerprint density at radius 3 is 2.94 bits per heavy atom. The molecule has 3 heterocycles. The van der Waals surface area contributed by atoms with Crippen LogP contribution in [0.25, 0.3) is 11.0 Å². The summed E-state index contributed by atoms with van der Waals surface area (Å²) in [6.45, 7) is 5.49. The largest absolute Gasteiger partial charge is 0.494 e. The van der Waals surface area contributed by atoms with Crippen molar-refractivity contribution in [2.24, 2.45) is 5.10 Å². The van der Waals surface area contributed by atoms with E-state index in [0.717, 1.165) is 17.6 Å². The van der Waals surface area contributed by atoms with E-state index in [0.29, 0.717) is 28.3 Å². The number of amidine groups is 1. The summed E-state index contributed by atoms with van der Waals surface area (Å²) in [5.74, 6) is 0.142. The number of hydrogen-bond donors (Lipinski definition) is 1. The van der Waals surface area contributed by atoms with Crippen molar-refractivity contribution in [1.29, 1.82) is 0 Å². The van der Waals surface area contributed by atoms with Crippen LogP contribution in [0.5, 0.6) is 5.75 Å². The third-order valence-electron chi connectivity index (χ3n) is 5.95. The number of ether oxygens (including phenoxy) is 2. The van der Waals surface area contributed by atoms with E-state index in [1.807, 2.05) is 25.2 Å². The molecule has 1 aliphatic carbocycles. The molecule has 0 bridgehead atoms. The summed E-state index contributed by atoms with van der Waals surface area (Å²) >= 11 is 0. The van der Waals surface area contributed by atoms with Gasteiger partial charge in [-0.25, -0.2) is 14.2 Å². The second kappa shape index (κ2) is 6.73. The number of carbonyl (C=O) groups is 1. The first kappa shape index (κ1) is 19.4. The number of nitrogens with zero attached hydrogens (tertiary/aromatic N) is 2. The predicted molar refractivity (Wildman–Crippen MR) is 114 cm³/mol. The zero-order valence-electron chi connectivity index (χ0n) is 17.7. The van der Waals surface area contributed by atoms with E-state index in [2.05, 4.69) is 5.32 Å². The lowest BCUT2D eigenvalue weighted by molar-refractivity contribution is -0.152. The molecule has 31 heavy (non-hydrogen) atoms. The van der Waals surface area contributed by atoms with E-state index >= 15 is 0 Å². The molecule has 2 unspecified atom stereocenters. The van der Waals surface area contributed by atoms with Crippen molar-refractivity contribution < 1.29 is 23.1 Å². The molecular weight excluding hydrogens is 401 g/mol. The molecule has 3 aliphatic rings. The Balaban J connectivity index is 1.70. The van der Waals surface area contributed by atoms with E-state index in [1.54, 1.807) is 31.1 Å². The molecule has 2 atom stereocenters. The fourth-order valence-electron chi connectivity index (χ4n) is 4.29. The summed E-state index contributed by atoms with van der Waals surface area (Å²) in [6, 6.07) is 2.64. The van der Waals surface area contributed by atoms with Crippen LogP contribution < -0.4 is 15.1 Å². The number of benzene rings is 1. The van der Waals surface area contributed by atoms with Gasteiger partial charge in [0, 0.05) is 17.3 Å². The van der Waals surface area contributed by atoms with Crippen LogP contribution in [0, 0.1) is 12.7 Å². The number of nitrogens with one attached hydrogen (secondary N) is 1. The van der Waals surface area contributed by atoms with Gasteiger partial charge in [-0.3, -0.25) is 0 Å². The number of anilines is 1. The summed E-state index contributed by atoms with van der Waals surface area (Å²) in [5.41, 5.74) is 1.76. The molecule has 8 heteroatoms. The lowest BCUT2D eigenvalue weighted by Crippen LogP contribution is -2.61. The SMILES string of the molecule is COc1ccc2oc(N3C=CC4=C(C)CC=CC45OC(=O)C(C)NC5=N3)c(C)c2c1F. The fraction of sp³-hybridized carbons (Fsp3) is 0.304. The molecule has 160 valence electrons. The van der Waals surface area contributed by atoms with Gasteiger partial charge in [0.2, 0.25) is 11.5 Å². The van der Waals surface area contributed by atoms with E-state index in [1.165, 1.54) is 13.2 Å². The first-order valence-corrected chi connectivity index (χ1v) is 10.0. The van der Waals surface area contributed by atoms with Crippen molar-refractivity contribution in [2.45, 2.75) is 38.8 Å². The molecule has 1 aromatic carbocycles. The monoisotopic (exact) mass is 423 g/mol. The molecular formula is C23H22FN3O4. The number of allylic oxidation sites excluding steroid dienone is 2. The van der Waals surface area contributed by atoms with Crippen LogP contribution in [-0.2, 0) is 9.53 Å². The molecule has 0 radical (unpaired) electrons. The number of rotatable bonds is 2. The van der Waals surface area contributed by atoms with Crippen LogP contribution in [0.3, 0.4) is 0 Å². The average molecular weight is 423 g/mol. The maximum absolute atomic E-state index is 14.9. The van der Waals surface area contributed by atoms with Gasteiger partial charge in [-0.05, 0) is 51.5 Å². The number of aryl methyl sites for hydroxylation is 1. The highest BCUT2D eigenvalue weighted by Gasteiger charge is 2.49. The number of morpholine rings is 1. The van der Waals surface area contributed by atoms with Gasteiger partial charge in [0.25, 0.3) is 0 Å². The van der Waals surface area contributed by atoms with Gasteiger partial charge in [-0.15, -0.1) is 5.10 Å². The van der Waals surface area contributed by atoms with Crippen molar-refractivity contribution in [2.75, 3.05) is 12.1 Å². The van der Waals surface area contributed by atoms with E-state index < -0.39 is 17.5 Å². The van der Waals surface area contributed by atoms with Crippen molar-refractivity contribution in [3.8, 4) is 5.75 Å². The van der Waals surface area contributed by atoms with Gasteiger partial charge in [0.05, 0.1) is 12.5 Å². The number of halogens is 1. The smallest absolute Gasteiger partial charge is 0.329 e. The molecule has 1 aromatic heterocycles. The molecule has 2 aromatic rings. The Morgan fingerprint density at radius 2 is 2.16 bits per heavy atom. The second-order valence-corrected chi connectivity index (χ2v) is 7.92. The van der Waals surface area contributed by atoms with Crippen LogP contribution in [0.2, 0.25) is 0 Å². The highest BCUT2D eigenvalue weighted by molar-refractivity contribution is 6.04. The van der Waals surface area contributed by atoms with E-state index in [4.69, 9.17) is 19.0 Å². The van der Waals surface area contributed by atoms with Gasteiger partial charge in [0.1, 0.15) is 11.6 Å². The lowest BCUT2D eigenvalue weighted by atomic mass is 9.82. The Kier molecular flexibility index (Phi) is 4.22. The number of methoxy groups -OCH3 is 1. The van der Waals surface area contributed by atoms with Gasteiger partial charge in [0.15, 0.2) is 17.4 Å². The molecule has 0 amide bonds. The van der Waals surface area contributed by atoms with Crippen LogP contribution >= 0.6 is 0 Å². The number of hydrogen-bond acceptors (Lipinski definition) is 7. The highest BCUT2D eigenvalue weighted by Crippen LogP contribution is 2.41. The predicted octanol–water partition coefficient (Wildman–Crippen LogP) is 4.09. The Morgan fingerprint density at radius 1 is 1.35 bits per heavy atom. The van der Waals surface area contributed by atoms with Gasteiger partial charge in [-0.1, -0.05) is 11.6 Å². The summed E-state index contributed by atoms with van der Waals surface area (Å²) in [6.07, 6.45) is 8.18. The van der Waals surface area contributed by atoms with E-state index in [9.17, 15) is 9.18 Å². The first-order chi connectivity index (χ1) is 14.9. The standard InChI is InChI=1S/C23H22FN3O4/c1-12-6-5-10-23-15(12)9-11-27(26-22(23)25-14(3)21(28)31-23)20-13(2)18-16(30-20)7-8-17(29-4)19(18)24/h5,7-11,14H,6H2,1-4H3,(H,25,26). The minimum Gasteiger partial charge on any atom is -0.494 e. The minimum absolute atomic E-state index is 0.145. The second-order valence-electron chi connectivity index (χ2n) is 7.92. The Hall–Kier alpha value is -3.55. The quantitative estimate of drug-likeness (QED) is 0.579. The number of carbonyl (C=O) groups excluding carboxylic acids is 1. The maximum atomic E-state index is 14.9. The average Bonchev–Trinajstić information content (AvgIpc) is 2.98. The number of fused-ring (bicyclic) bond motifs is 1. The first-order valence-electron chi connectivity index (χ1n) is 10.0. The molecule has 5 rings (SSSR count). The van der Waals surface area contributed by atoms with Crippen molar-refractivity contribution in [1.82, 2.24) is 5.32 Å². The van der Waals surface area contributed by atoms with Crippen LogP contribution in [0.4, 0.5) is 10.3 Å². The van der Waals surface area contributed by atoms with Crippen LogP contribution in [-0.4, -0.2) is 30.6 Å². The summed E-state index contributed by atoms with van der Waals surface area (Å²) in [4.78, 5) is 12.4. The van der Waals surface area contributed by atoms with Crippen LogP contribution in [0.15, 0.2) is 57.2 Å². The molecule has 0 saturated carbocycles. The Bertz CT molecular complexity index is 1240. The van der Waals surface area contributed by atoms with E-state index in [-0.39, 0.29) is 11.7 Å². The topological polar surface area (TPSA) is 76.3 Å². The maximum Gasteiger partial charge on any atom is 0.329 e. The summed E-state index contributed by atoms with van der Waals surface area (Å²) in [7, 11) is 1.42. The number of esters is 1. The van der Waals surface area contributed by atoms with Crippen molar-refractivity contribution >= 4 is 28.7 Å². The minimum atomic E-state index is -1.12. The Labute approximate surface area is 178 Å². The van der Waals surface area contributed by atoms with Crippen molar-refractivity contribution in [3.05, 3.63) is 59.1 Å². The highest BCUT2D eigenvalue weighted by atomic mass is 19.1. The zero-order chi connectivity index (χ0) is 21.9. The third kappa shape index (κ3) is 2.71. The summed E-state index contributed by atoms with van der Waals surface area (Å²) in [5, 5.41) is 9.79. The molecule has 1 spiro atoms. The normalized spacial score (nSPS) is 24.9. The number of furan rings is 1. The number of hydrazone groups is 1. The third-order valence-corrected chi connectivity index (χ3v) is 5.95. The van der Waals surface area contributed by atoms with Crippen LogP contribution in [0.1, 0.15) is 25.8 Å².